The third-order valence-electron chi connectivity index (χ3n) is 3.84. The van der Waals surface area contributed by atoms with Crippen LogP contribution in [0.4, 0.5) is 0 Å². The van der Waals surface area contributed by atoms with Gasteiger partial charge < -0.3 is 15.0 Å². The van der Waals surface area contributed by atoms with Crippen LogP contribution in [-0.4, -0.2) is 50.2 Å². The van der Waals surface area contributed by atoms with Crippen LogP contribution in [0, 0.1) is 5.92 Å². The molecule has 4 nitrogen and oxygen atoms in total. The second-order valence-electron chi connectivity index (χ2n) is 5.25. The van der Waals surface area contributed by atoms with Gasteiger partial charge in [0, 0.05) is 20.2 Å². The third-order valence-corrected chi connectivity index (χ3v) is 3.84. The first-order valence-electron chi connectivity index (χ1n) is 6.82. The number of nitrogens with one attached hydrogen (secondary N) is 1. The molecular formula is C13H24N2O2. The van der Waals surface area contributed by atoms with Crippen molar-refractivity contribution in [2.75, 3.05) is 33.4 Å². The molecule has 2 atom stereocenters. The molecule has 2 aliphatic rings. The van der Waals surface area contributed by atoms with Gasteiger partial charge in [-0.2, -0.15) is 0 Å². The summed E-state index contributed by atoms with van der Waals surface area (Å²) in [6, 6.07) is 0.0741. The molecule has 2 fully saturated rings. The van der Waals surface area contributed by atoms with Crippen molar-refractivity contribution in [3.8, 4) is 0 Å². The van der Waals surface area contributed by atoms with E-state index in [1.165, 1.54) is 19.3 Å². The second kappa shape index (κ2) is 6.36. The minimum Gasteiger partial charge on any atom is -0.384 e. The van der Waals surface area contributed by atoms with Gasteiger partial charge in [-0.05, 0) is 38.1 Å². The number of hydrogen-bond donors (Lipinski definition) is 1. The summed E-state index contributed by atoms with van der Waals surface area (Å²) in [5, 5.41) is 3.34. The molecule has 0 bridgehead atoms. The van der Waals surface area contributed by atoms with Gasteiger partial charge >= 0.3 is 0 Å². The van der Waals surface area contributed by atoms with Crippen LogP contribution in [0.15, 0.2) is 0 Å². The Morgan fingerprint density at radius 2 is 2.24 bits per heavy atom. The first-order chi connectivity index (χ1) is 8.31. The molecule has 0 radical (unpaired) electrons. The van der Waals surface area contributed by atoms with Crippen molar-refractivity contribution in [3.63, 3.8) is 0 Å². The number of methoxy groups -OCH3 is 1. The zero-order valence-electron chi connectivity index (χ0n) is 10.8. The molecule has 0 spiro atoms. The Morgan fingerprint density at radius 3 is 2.94 bits per heavy atom. The lowest BCUT2D eigenvalue weighted by Crippen LogP contribution is -2.51. The summed E-state index contributed by atoms with van der Waals surface area (Å²) in [5.74, 6) is 0.840. The summed E-state index contributed by atoms with van der Waals surface area (Å²) in [4.78, 5) is 14.4. The maximum atomic E-state index is 12.3. The Balaban J connectivity index is 1.85. The van der Waals surface area contributed by atoms with Crippen LogP contribution in [0.3, 0.4) is 0 Å². The normalized spacial score (nSPS) is 30.3. The van der Waals surface area contributed by atoms with Gasteiger partial charge in [-0.15, -0.1) is 0 Å². The highest BCUT2D eigenvalue weighted by atomic mass is 16.5. The molecule has 4 heteroatoms. The summed E-state index contributed by atoms with van der Waals surface area (Å²) in [6.07, 6.45) is 5.70. The highest BCUT2D eigenvalue weighted by Gasteiger charge is 2.29. The van der Waals surface area contributed by atoms with E-state index in [4.69, 9.17) is 4.74 Å². The Labute approximate surface area is 104 Å². The molecule has 0 aromatic rings. The molecule has 1 amide bonds. The van der Waals surface area contributed by atoms with E-state index in [1.54, 1.807) is 7.11 Å². The minimum atomic E-state index is 0.0741. The number of rotatable bonds is 3. The number of nitrogens with zero attached hydrogens (tertiary/aromatic N) is 1. The van der Waals surface area contributed by atoms with E-state index >= 15 is 0 Å². The third kappa shape index (κ3) is 3.42. The Bertz CT molecular complexity index is 250. The molecule has 2 saturated heterocycles. The van der Waals surface area contributed by atoms with Crippen molar-refractivity contribution in [1.29, 1.82) is 0 Å². The van der Waals surface area contributed by atoms with E-state index in [-0.39, 0.29) is 6.04 Å². The van der Waals surface area contributed by atoms with Gasteiger partial charge in [-0.3, -0.25) is 4.79 Å². The monoisotopic (exact) mass is 240 g/mol. The van der Waals surface area contributed by atoms with Crippen molar-refractivity contribution in [3.05, 3.63) is 0 Å². The van der Waals surface area contributed by atoms with Crippen molar-refractivity contribution in [1.82, 2.24) is 10.2 Å². The Morgan fingerprint density at radius 1 is 1.35 bits per heavy atom. The number of carbonyl (C=O) groups is 1. The van der Waals surface area contributed by atoms with E-state index in [1.807, 2.05) is 4.90 Å². The topological polar surface area (TPSA) is 41.6 Å². The molecule has 0 saturated carbocycles. The van der Waals surface area contributed by atoms with Crippen LogP contribution in [0.25, 0.3) is 0 Å². The molecule has 0 aromatic heterocycles. The highest BCUT2D eigenvalue weighted by Crippen LogP contribution is 2.19. The molecular weight excluding hydrogens is 216 g/mol. The van der Waals surface area contributed by atoms with Gasteiger partial charge in [0.1, 0.15) is 0 Å². The first kappa shape index (κ1) is 12.8. The van der Waals surface area contributed by atoms with Crippen molar-refractivity contribution in [2.24, 2.45) is 5.92 Å². The van der Waals surface area contributed by atoms with Gasteiger partial charge in [0.2, 0.25) is 5.91 Å². The number of piperidine rings is 2. The minimum absolute atomic E-state index is 0.0741. The van der Waals surface area contributed by atoms with E-state index in [0.29, 0.717) is 11.8 Å². The fraction of sp³-hybridized carbons (Fsp3) is 0.923. The van der Waals surface area contributed by atoms with Gasteiger partial charge in [0.25, 0.3) is 0 Å². The van der Waals surface area contributed by atoms with Crippen LogP contribution in [0.1, 0.15) is 32.1 Å². The molecule has 2 aliphatic heterocycles. The lowest BCUT2D eigenvalue weighted by molar-refractivity contribution is -0.136. The average molecular weight is 240 g/mol. The number of carbonyl (C=O) groups excluding carboxylic acids is 1. The van der Waals surface area contributed by atoms with Crippen LogP contribution in [-0.2, 0) is 9.53 Å². The highest BCUT2D eigenvalue weighted by molar-refractivity contribution is 5.82. The number of likely N-dealkylation sites (tertiary alicyclic amines) is 1. The number of amides is 1. The van der Waals surface area contributed by atoms with Gasteiger partial charge in [0.05, 0.1) is 12.6 Å². The van der Waals surface area contributed by atoms with E-state index in [2.05, 4.69) is 5.32 Å². The average Bonchev–Trinajstić information content (AvgIpc) is 2.40. The molecule has 0 aliphatic carbocycles. The summed E-state index contributed by atoms with van der Waals surface area (Å²) >= 11 is 0. The lowest BCUT2D eigenvalue weighted by atomic mass is 9.97. The summed E-state index contributed by atoms with van der Waals surface area (Å²) in [7, 11) is 1.74. The van der Waals surface area contributed by atoms with E-state index in [9.17, 15) is 4.79 Å². The molecule has 98 valence electrons. The second-order valence-corrected chi connectivity index (χ2v) is 5.25. The van der Waals surface area contributed by atoms with Crippen LogP contribution in [0.5, 0.6) is 0 Å². The zero-order valence-corrected chi connectivity index (χ0v) is 10.8. The largest absolute Gasteiger partial charge is 0.384 e. The SMILES string of the molecule is COC[C@@H]1CCCN(C(=O)[C@@H]2CCCCN2)C1. The van der Waals surface area contributed by atoms with Gasteiger partial charge in [0.15, 0.2) is 0 Å². The maximum absolute atomic E-state index is 12.3. The zero-order chi connectivity index (χ0) is 12.1. The smallest absolute Gasteiger partial charge is 0.239 e. The summed E-state index contributed by atoms with van der Waals surface area (Å²) in [6.45, 7) is 3.58. The van der Waals surface area contributed by atoms with Gasteiger partial charge in [-0.25, -0.2) is 0 Å². The van der Waals surface area contributed by atoms with Crippen LogP contribution >= 0.6 is 0 Å². The standard InChI is InChI=1S/C13H24N2O2/c1-17-10-11-5-4-8-15(9-11)13(16)12-6-2-3-7-14-12/h11-12,14H,2-10H2,1H3/t11-,12+/m1/s1. The maximum Gasteiger partial charge on any atom is 0.239 e. The van der Waals surface area contributed by atoms with Crippen LogP contribution < -0.4 is 5.32 Å². The quantitative estimate of drug-likeness (QED) is 0.800. The first-order valence-corrected chi connectivity index (χ1v) is 6.82. The van der Waals surface area contributed by atoms with E-state index < -0.39 is 0 Å². The predicted molar refractivity (Wildman–Crippen MR) is 66.8 cm³/mol. The molecule has 17 heavy (non-hydrogen) atoms. The number of ether oxygens (including phenoxy) is 1. The summed E-state index contributed by atoms with van der Waals surface area (Å²) in [5.41, 5.74) is 0. The Hall–Kier alpha value is -0.610. The van der Waals surface area contributed by atoms with E-state index in [0.717, 1.165) is 39.1 Å². The molecule has 2 rings (SSSR count). The molecule has 2 heterocycles. The molecule has 1 N–H and O–H groups in total. The lowest BCUT2D eigenvalue weighted by Gasteiger charge is -2.35. The van der Waals surface area contributed by atoms with Crippen LogP contribution in [0.2, 0.25) is 0 Å². The van der Waals surface area contributed by atoms with Crippen molar-refractivity contribution in [2.45, 2.75) is 38.1 Å². The summed E-state index contributed by atoms with van der Waals surface area (Å²) < 4.78 is 5.20. The van der Waals surface area contributed by atoms with Crippen molar-refractivity contribution < 1.29 is 9.53 Å². The Kier molecular flexibility index (Phi) is 4.80. The fourth-order valence-corrected chi connectivity index (χ4v) is 2.92. The van der Waals surface area contributed by atoms with Gasteiger partial charge in [-0.1, -0.05) is 6.42 Å². The fourth-order valence-electron chi connectivity index (χ4n) is 2.92. The number of hydrogen-bond acceptors (Lipinski definition) is 3. The molecule has 0 aromatic carbocycles. The molecule has 0 unspecified atom stereocenters. The van der Waals surface area contributed by atoms with Crippen molar-refractivity contribution >= 4 is 5.91 Å². The predicted octanol–water partition coefficient (Wildman–Crippen LogP) is 1.01.